The molecule has 0 spiro atoms. The zero-order chi connectivity index (χ0) is 16.5. The number of benzene rings is 2. The molecule has 0 aliphatic rings. The van der Waals surface area contributed by atoms with E-state index >= 15 is 0 Å². The van der Waals surface area contributed by atoms with E-state index in [2.05, 4.69) is 4.72 Å². The number of rotatable bonds is 4. The summed E-state index contributed by atoms with van der Waals surface area (Å²) in [6.07, 6.45) is 0. The van der Waals surface area contributed by atoms with Gasteiger partial charge in [-0.05, 0) is 42.8 Å². The third kappa shape index (κ3) is 3.37. The van der Waals surface area contributed by atoms with Crippen LogP contribution in [-0.2, 0) is 10.0 Å². The molecule has 0 aliphatic heterocycles. The van der Waals surface area contributed by atoms with Gasteiger partial charge in [0.25, 0.3) is 10.0 Å². The number of halogens is 2. The van der Waals surface area contributed by atoms with Gasteiger partial charge in [-0.15, -0.1) is 0 Å². The van der Waals surface area contributed by atoms with Gasteiger partial charge in [0.2, 0.25) is 0 Å². The summed E-state index contributed by atoms with van der Waals surface area (Å²) in [5, 5.41) is 8.69. The van der Waals surface area contributed by atoms with Crippen molar-refractivity contribution in [2.45, 2.75) is 11.8 Å². The lowest BCUT2D eigenvalue weighted by molar-refractivity contribution is 0.0697. The highest BCUT2D eigenvalue weighted by Crippen LogP contribution is 2.26. The molecule has 0 amide bonds. The number of hydrogen-bond acceptors (Lipinski definition) is 3. The summed E-state index contributed by atoms with van der Waals surface area (Å²) in [7, 11) is -4.07. The summed E-state index contributed by atoms with van der Waals surface area (Å²) in [5.41, 5.74) is 0.584. The normalized spacial score (nSPS) is 11.2. The van der Waals surface area contributed by atoms with E-state index in [-0.39, 0.29) is 21.2 Å². The average molecular weight is 344 g/mol. The van der Waals surface area contributed by atoms with E-state index in [1.54, 1.807) is 6.92 Å². The van der Waals surface area contributed by atoms with Gasteiger partial charge in [-0.1, -0.05) is 17.7 Å². The van der Waals surface area contributed by atoms with E-state index in [0.717, 1.165) is 18.2 Å². The Morgan fingerprint density at radius 1 is 1.23 bits per heavy atom. The van der Waals surface area contributed by atoms with Gasteiger partial charge in [-0.3, -0.25) is 4.72 Å². The minimum atomic E-state index is -4.07. The Labute approximate surface area is 131 Å². The first-order valence-electron chi connectivity index (χ1n) is 6.02. The van der Waals surface area contributed by atoms with E-state index < -0.39 is 21.8 Å². The Morgan fingerprint density at radius 2 is 1.91 bits per heavy atom. The molecule has 2 aromatic rings. The minimum absolute atomic E-state index is 0.0616. The fourth-order valence-corrected chi connectivity index (χ4v) is 3.41. The lowest BCUT2D eigenvalue weighted by Crippen LogP contribution is -2.15. The van der Waals surface area contributed by atoms with Crippen LogP contribution in [0.25, 0.3) is 0 Å². The standard InChI is InChI=1S/C14H11ClFNO4S/c1-8-2-3-9(14(18)19)6-12(8)17-22(20,21)13-5-4-10(16)7-11(13)15/h2-7,17H,1H3,(H,18,19). The van der Waals surface area contributed by atoms with Gasteiger partial charge in [0.05, 0.1) is 16.3 Å². The van der Waals surface area contributed by atoms with Crippen molar-refractivity contribution in [1.29, 1.82) is 0 Å². The van der Waals surface area contributed by atoms with E-state index in [0.29, 0.717) is 5.56 Å². The molecule has 0 radical (unpaired) electrons. The summed E-state index contributed by atoms with van der Waals surface area (Å²) in [6.45, 7) is 1.62. The van der Waals surface area contributed by atoms with Crippen LogP contribution in [0.3, 0.4) is 0 Å². The van der Waals surface area contributed by atoms with Crippen LogP contribution >= 0.6 is 11.6 Å². The second-order valence-electron chi connectivity index (χ2n) is 4.52. The lowest BCUT2D eigenvalue weighted by atomic mass is 10.1. The van der Waals surface area contributed by atoms with Gasteiger partial charge >= 0.3 is 5.97 Å². The highest BCUT2D eigenvalue weighted by atomic mass is 35.5. The van der Waals surface area contributed by atoms with Gasteiger partial charge in [-0.2, -0.15) is 0 Å². The number of carboxylic acid groups (broad SMARTS) is 1. The highest BCUT2D eigenvalue weighted by molar-refractivity contribution is 7.92. The summed E-state index contributed by atoms with van der Waals surface area (Å²) in [4.78, 5) is 10.7. The lowest BCUT2D eigenvalue weighted by Gasteiger charge is -2.12. The van der Waals surface area contributed by atoms with Crippen LogP contribution in [0, 0.1) is 12.7 Å². The number of carboxylic acids is 1. The zero-order valence-corrected chi connectivity index (χ0v) is 12.9. The molecule has 2 rings (SSSR count). The van der Waals surface area contributed by atoms with Gasteiger partial charge in [0.1, 0.15) is 10.7 Å². The van der Waals surface area contributed by atoms with Crippen LogP contribution in [0.5, 0.6) is 0 Å². The second-order valence-corrected chi connectivity index (χ2v) is 6.57. The number of hydrogen-bond donors (Lipinski definition) is 2. The number of anilines is 1. The Bertz CT molecular complexity index is 852. The van der Waals surface area contributed by atoms with E-state index in [4.69, 9.17) is 16.7 Å². The second kappa shape index (κ2) is 5.94. The molecule has 0 saturated carbocycles. The van der Waals surface area contributed by atoms with Crippen LogP contribution < -0.4 is 4.72 Å². The van der Waals surface area contributed by atoms with Crippen molar-refractivity contribution in [2.75, 3.05) is 4.72 Å². The molecule has 5 nitrogen and oxygen atoms in total. The molecule has 0 fully saturated rings. The minimum Gasteiger partial charge on any atom is -0.478 e. The van der Waals surface area contributed by atoms with Crippen molar-refractivity contribution in [3.8, 4) is 0 Å². The van der Waals surface area contributed by atoms with Gasteiger partial charge in [0.15, 0.2) is 0 Å². The smallest absolute Gasteiger partial charge is 0.335 e. The molecule has 0 atom stereocenters. The van der Waals surface area contributed by atoms with Crippen LogP contribution in [0.4, 0.5) is 10.1 Å². The van der Waals surface area contributed by atoms with Crippen LogP contribution in [0.15, 0.2) is 41.3 Å². The highest BCUT2D eigenvalue weighted by Gasteiger charge is 2.20. The predicted octanol–water partition coefficient (Wildman–Crippen LogP) is 3.29. The molecule has 0 bridgehead atoms. The molecular formula is C14H11ClFNO4S. The topological polar surface area (TPSA) is 83.5 Å². The number of aromatic carboxylic acids is 1. The largest absolute Gasteiger partial charge is 0.478 e. The Hall–Kier alpha value is -2.12. The SMILES string of the molecule is Cc1ccc(C(=O)O)cc1NS(=O)(=O)c1ccc(F)cc1Cl. The Kier molecular flexibility index (Phi) is 4.39. The number of aryl methyl sites for hydroxylation is 1. The fourth-order valence-electron chi connectivity index (χ4n) is 1.76. The third-order valence-corrected chi connectivity index (χ3v) is 4.76. The zero-order valence-electron chi connectivity index (χ0n) is 11.3. The van der Waals surface area contributed by atoms with Crippen molar-refractivity contribution in [2.24, 2.45) is 0 Å². The van der Waals surface area contributed by atoms with Crippen molar-refractivity contribution in [3.05, 3.63) is 58.4 Å². The van der Waals surface area contributed by atoms with E-state index in [9.17, 15) is 17.6 Å². The number of sulfonamides is 1. The van der Waals surface area contributed by atoms with Gasteiger partial charge in [-0.25, -0.2) is 17.6 Å². The average Bonchev–Trinajstić information content (AvgIpc) is 2.40. The fraction of sp³-hybridized carbons (Fsp3) is 0.0714. The number of nitrogens with one attached hydrogen (secondary N) is 1. The van der Waals surface area contributed by atoms with Gasteiger partial charge < -0.3 is 5.11 Å². The maximum atomic E-state index is 13.0. The maximum absolute atomic E-state index is 13.0. The van der Waals surface area contributed by atoms with Gasteiger partial charge in [0, 0.05) is 0 Å². The summed E-state index contributed by atoms with van der Waals surface area (Å²) in [5.74, 6) is -1.84. The first-order chi connectivity index (χ1) is 10.2. The molecule has 2 aromatic carbocycles. The number of carbonyl (C=O) groups is 1. The quantitative estimate of drug-likeness (QED) is 0.892. The molecule has 116 valence electrons. The predicted molar refractivity (Wildman–Crippen MR) is 80.4 cm³/mol. The molecule has 0 heterocycles. The Morgan fingerprint density at radius 3 is 2.50 bits per heavy atom. The Balaban J connectivity index is 2.45. The monoisotopic (exact) mass is 343 g/mol. The first-order valence-corrected chi connectivity index (χ1v) is 7.88. The summed E-state index contributed by atoms with van der Waals surface area (Å²) < 4.78 is 39.9. The maximum Gasteiger partial charge on any atom is 0.335 e. The van der Waals surface area contributed by atoms with E-state index in [1.165, 1.54) is 18.2 Å². The first kappa shape index (κ1) is 16.3. The molecule has 22 heavy (non-hydrogen) atoms. The molecular weight excluding hydrogens is 333 g/mol. The molecule has 8 heteroatoms. The molecule has 0 aromatic heterocycles. The van der Waals surface area contributed by atoms with Crippen LogP contribution in [0.1, 0.15) is 15.9 Å². The summed E-state index contributed by atoms with van der Waals surface area (Å²) in [6, 6.07) is 6.94. The van der Waals surface area contributed by atoms with Crippen molar-refractivity contribution in [1.82, 2.24) is 0 Å². The third-order valence-electron chi connectivity index (χ3n) is 2.91. The van der Waals surface area contributed by atoms with Crippen molar-refractivity contribution >= 4 is 33.3 Å². The molecule has 2 N–H and O–H groups in total. The van der Waals surface area contributed by atoms with E-state index in [1.807, 2.05) is 0 Å². The molecule has 0 saturated heterocycles. The summed E-state index contributed by atoms with van der Waals surface area (Å²) >= 11 is 5.75. The van der Waals surface area contributed by atoms with Crippen molar-refractivity contribution < 1.29 is 22.7 Å². The van der Waals surface area contributed by atoms with Crippen molar-refractivity contribution in [3.63, 3.8) is 0 Å². The molecule has 0 aliphatic carbocycles. The van der Waals surface area contributed by atoms with Crippen LogP contribution in [0.2, 0.25) is 5.02 Å². The van der Waals surface area contributed by atoms with Crippen LogP contribution in [-0.4, -0.2) is 19.5 Å². The molecule has 0 unspecified atom stereocenters.